The van der Waals surface area contributed by atoms with Gasteiger partial charge in [0.25, 0.3) is 0 Å². The van der Waals surface area contributed by atoms with E-state index in [4.69, 9.17) is 9.47 Å². The van der Waals surface area contributed by atoms with Crippen molar-refractivity contribution in [3.8, 4) is 0 Å². The summed E-state index contributed by atoms with van der Waals surface area (Å²) in [6.45, 7) is 6.24. The summed E-state index contributed by atoms with van der Waals surface area (Å²) in [6, 6.07) is 4.20. The van der Waals surface area contributed by atoms with Crippen LogP contribution in [0.3, 0.4) is 0 Å². The summed E-state index contributed by atoms with van der Waals surface area (Å²) < 4.78 is 10.5. The van der Waals surface area contributed by atoms with Crippen molar-refractivity contribution in [3.05, 3.63) is 35.7 Å². The second kappa shape index (κ2) is 6.79. The molecule has 1 aliphatic heterocycles. The predicted molar refractivity (Wildman–Crippen MR) is 98.1 cm³/mol. The van der Waals surface area contributed by atoms with Gasteiger partial charge in [0, 0.05) is 44.2 Å². The van der Waals surface area contributed by atoms with E-state index >= 15 is 0 Å². The molecule has 0 N–H and O–H groups in total. The molecule has 0 radical (unpaired) electrons. The van der Waals surface area contributed by atoms with E-state index in [0.29, 0.717) is 13.1 Å². The van der Waals surface area contributed by atoms with Crippen molar-refractivity contribution in [1.82, 2.24) is 14.9 Å². The van der Waals surface area contributed by atoms with Crippen LogP contribution >= 0.6 is 0 Å². The predicted octanol–water partition coefficient (Wildman–Crippen LogP) is 3.20. The molecule has 3 unspecified atom stereocenters. The Hall–Kier alpha value is -2.70. The number of aromatic nitrogens is 2. The average molecular weight is 369 g/mol. The van der Waals surface area contributed by atoms with Crippen LogP contribution in [0, 0.1) is 5.92 Å². The van der Waals surface area contributed by atoms with Crippen molar-refractivity contribution in [2.24, 2.45) is 5.92 Å². The first kappa shape index (κ1) is 17.7. The summed E-state index contributed by atoms with van der Waals surface area (Å²) in [4.78, 5) is 34.7. The van der Waals surface area contributed by atoms with Crippen molar-refractivity contribution in [1.29, 1.82) is 0 Å². The lowest BCUT2D eigenvalue weighted by molar-refractivity contribution is -0.170. The number of benzene rings is 1. The van der Waals surface area contributed by atoms with Gasteiger partial charge in [0.15, 0.2) is 0 Å². The van der Waals surface area contributed by atoms with Gasteiger partial charge in [-0.15, -0.1) is 0 Å². The molecule has 1 amide bonds. The highest BCUT2D eigenvalue weighted by atomic mass is 16.7. The third-order valence-corrected chi connectivity index (χ3v) is 5.28. The first-order chi connectivity index (χ1) is 12.9. The van der Waals surface area contributed by atoms with E-state index in [-0.39, 0.29) is 23.7 Å². The lowest BCUT2D eigenvalue weighted by Crippen LogP contribution is -2.41. The Morgan fingerprint density at radius 3 is 2.07 bits per heavy atom. The molecular formula is C20H23N3O4. The van der Waals surface area contributed by atoms with Gasteiger partial charge in [-0.3, -0.25) is 14.8 Å². The van der Waals surface area contributed by atoms with Crippen molar-refractivity contribution in [3.63, 3.8) is 0 Å². The molecule has 7 nitrogen and oxygen atoms in total. The molecule has 0 saturated carbocycles. The van der Waals surface area contributed by atoms with Crippen molar-refractivity contribution < 1.29 is 19.1 Å². The molecule has 1 aromatic heterocycles. The lowest BCUT2D eigenvalue weighted by Gasteiger charge is -2.32. The third kappa shape index (κ3) is 3.34. The normalized spacial score (nSPS) is 21.9. The van der Waals surface area contributed by atoms with E-state index in [9.17, 15) is 9.59 Å². The summed E-state index contributed by atoms with van der Waals surface area (Å²) >= 11 is 0. The topological polar surface area (TPSA) is 81.6 Å². The quantitative estimate of drug-likeness (QED) is 0.610. The number of carbonyl (C=O) groups excluding carboxylic acids is 2. The van der Waals surface area contributed by atoms with E-state index in [1.807, 2.05) is 0 Å². The standard InChI is InChI=1S/C20H23N3O4/c1-11(2)19(24)26-12(3)27-20(25)23-9-13-6-14(10-23)16-8-18-17(7-15(13)16)21-4-5-22-18/h4-5,7-8,11-14H,6,9-10H2,1-3H3. The maximum absolute atomic E-state index is 12.6. The van der Waals surface area contributed by atoms with Crippen LogP contribution in [-0.4, -0.2) is 46.3 Å². The maximum atomic E-state index is 12.6. The second-order valence-electron chi connectivity index (χ2n) is 7.60. The molecule has 142 valence electrons. The van der Waals surface area contributed by atoms with Gasteiger partial charge in [-0.25, -0.2) is 4.79 Å². The molecule has 2 aromatic rings. The van der Waals surface area contributed by atoms with Crippen molar-refractivity contribution in [2.45, 2.75) is 45.3 Å². The SMILES string of the molecule is CC(OC(=O)C(C)C)OC(=O)N1CC2CC(C1)c1cc3nccnc3cc12. The summed E-state index contributed by atoms with van der Waals surface area (Å²) in [6.07, 6.45) is 3.07. The molecule has 2 bridgehead atoms. The number of hydrogen-bond donors (Lipinski definition) is 0. The average Bonchev–Trinajstić information content (AvgIpc) is 2.89. The van der Waals surface area contributed by atoms with E-state index in [1.54, 1.807) is 38.1 Å². The molecule has 1 saturated heterocycles. The Morgan fingerprint density at radius 1 is 1.00 bits per heavy atom. The van der Waals surface area contributed by atoms with Gasteiger partial charge in [-0.1, -0.05) is 13.8 Å². The molecule has 1 aliphatic carbocycles. The van der Waals surface area contributed by atoms with E-state index in [1.165, 1.54) is 11.1 Å². The third-order valence-electron chi connectivity index (χ3n) is 5.28. The second-order valence-corrected chi connectivity index (χ2v) is 7.60. The van der Waals surface area contributed by atoms with Gasteiger partial charge in [-0.05, 0) is 29.7 Å². The Bertz CT molecular complexity index is 847. The van der Waals surface area contributed by atoms with E-state index in [0.717, 1.165) is 17.5 Å². The fraction of sp³-hybridized carbons (Fsp3) is 0.500. The summed E-state index contributed by atoms with van der Waals surface area (Å²) in [7, 11) is 0. The largest absolute Gasteiger partial charge is 0.425 e. The van der Waals surface area contributed by atoms with Crippen LogP contribution in [0.5, 0.6) is 0 Å². The molecule has 7 heteroatoms. The molecule has 4 rings (SSSR count). The molecule has 27 heavy (non-hydrogen) atoms. The number of carbonyl (C=O) groups is 2. The summed E-state index contributed by atoms with van der Waals surface area (Å²) in [5, 5.41) is 0. The molecule has 3 atom stereocenters. The molecular weight excluding hydrogens is 346 g/mol. The lowest BCUT2D eigenvalue weighted by atomic mass is 9.96. The van der Waals surface area contributed by atoms with Crippen LogP contribution in [0.2, 0.25) is 0 Å². The highest BCUT2D eigenvalue weighted by molar-refractivity contribution is 5.78. The molecule has 0 spiro atoms. The van der Waals surface area contributed by atoms with Crippen molar-refractivity contribution in [2.75, 3.05) is 13.1 Å². The zero-order valence-corrected chi connectivity index (χ0v) is 15.7. The Morgan fingerprint density at radius 2 is 1.56 bits per heavy atom. The van der Waals surface area contributed by atoms with Gasteiger partial charge in [0.05, 0.1) is 17.0 Å². The number of nitrogens with zero attached hydrogens (tertiary/aromatic N) is 3. The molecule has 1 fully saturated rings. The first-order valence-electron chi connectivity index (χ1n) is 9.33. The van der Waals surface area contributed by atoms with Crippen LogP contribution in [0.4, 0.5) is 4.79 Å². The van der Waals surface area contributed by atoms with Gasteiger partial charge < -0.3 is 14.4 Å². The number of esters is 1. The minimum Gasteiger partial charge on any atom is -0.425 e. The smallest absolute Gasteiger partial charge is 0.412 e. The van der Waals surface area contributed by atoms with Crippen molar-refractivity contribution >= 4 is 23.1 Å². The number of piperidine rings is 1. The summed E-state index contributed by atoms with van der Waals surface area (Å²) in [5.41, 5.74) is 4.27. The summed E-state index contributed by atoms with van der Waals surface area (Å²) in [5.74, 6) is -0.103. The Kier molecular flexibility index (Phi) is 4.45. The number of likely N-dealkylation sites (tertiary alicyclic amines) is 1. The molecule has 1 aromatic carbocycles. The molecule has 2 aliphatic rings. The molecule has 2 heterocycles. The van der Waals surface area contributed by atoms with Crippen LogP contribution in [0.25, 0.3) is 11.0 Å². The van der Waals surface area contributed by atoms with Crippen LogP contribution < -0.4 is 0 Å². The minimum atomic E-state index is -0.898. The monoisotopic (exact) mass is 369 g/mol. The maximum Gasteiger partial charge on any atom is 0.412 e. The minimum absolute atomic E-state index is 0.261. The zero-order chi connectivity index (χ0) is 19.1. The number of ether oxygens (including phenoxy) is 2. The fourth-order valence-electron chi connectivity index (χ4n) is 3.99. The Balaban J connectivity index is 1.47. The van der Waals surface area contributed by atoms with Crippen LogP contribution in [-0.2, 0) is 14.3 Å². The first-order valence-corrected chi connectivity index (χ1v) is 9.33. The van der Waals surface area contributed by atoms with Gasteiger partial charge in [0.1, 0.15) is 0 Å². The number of hydrogen-bond acceptors (Lipinski definition) is 6. The van der Waals surface area contributed by atoms with Gasteiger partial charge in [0.2, 0.25) is 6.29 Å². The number of fused-ring (bicyclic) bond motifs is 6. The van der Waals surface area contributed by atoms with E-state index in [2.05, 4.69) is 22.1 Å². The van der Waals surface area contributed by atoms with Gasteiger partial charge >= 0.3 is 12.1 Å². The highest BCUT2D eigenvalue weighted by Gasteiger charge is 2.40. The van der Waals surface area contributed by atoms with Gasteiger partial charge in [-0.2, -0.15) is 0 Å². The number of rotatable bonds is 3. The highest BCUT2D eigenvalue weighted by Crippen LogP contribution is 2.47. The zero-order valence-electron chi connectivity index (χ0n) is 15.7. The van der Waals surface area contributed by atoms with Crippen LogP contribution in [0.15, 0.2) is 24.5 Å². The van der Waals surface area contributed by atoms with Crippen LogP contribution in [0.1, 0.15) is 50.2 Å². The fourth-order valence-corrected chi connectivity index (χ4v) is 3.99. The van der Waals surface area contributed by atoms with E-state index < -0.39 is 12.4 Å². The number of amides is 1. The Labute approximate surface area is 157 Å².